The summed E-state index contributed by atoms with van der Waals surface area (Å²) in [7, 11) is 6.27. The number of benzene rings is 2. The second-order valence-electron chi connectivity index (χ2n) is 5.16. The van der Waals surface area contributed by atoms with Crippen molar-refractivity contribution >= 4 is 15.9 Å². The zero-order chi connectivity index (χ0) is 18.9. The number of hydrogen-bond acceptors (Lipinski definition) is 5. The van der Waals surface area contributed by atoms with Gasteiger partial charge in [0.15, 0.2) is 11.5 Å². The molecule has 0 fully saturated rings. The van der Waals surface area contributed by atoms with Gasteiger partial charge in [0, 0.05) is 22.7 Å². The van der Waals surface area contributed by atoms with Crippen LogP contribution in [0.4, 0.5) is 0 Å². The molecule has 1 atom stereocenters. The molecule has 0 heterocycles. The Morgan fingerprint density at radius 3 is 2.15 bits per heavy atom. The lowest BCUT2D eigenvalue weighted by molar-refractivity contribution is -0.0537. The molecule has 6 heteroatoms. The van der Waals surface area contributed by atoms with Gasteiger partial charge in [0.05, 0.1) is 21.3 Å². The molecule has 0 aromatic heterocycles. The molecule has 138 valence electrons. The van der Waals surface area contributed by atoms with E-state index in [9.17, 15) is 0 Å². The Morgan fingerprint density at radius 2 is 1.62 bits per heavy atom. The van der Waals surface area contributed by atoms with Gasteiger partial charge < -0.3 is 23.7 Å². The minimum atomic E-state index is -0.454. The maximum absolute atomic E-state index is 5.72. The molecule has 0 aliphatic rings. The molecular weight excluding hydrogens is 400 g/mol. The Morgan fingerprint density at radius 1 is 0.962 bits per heavy atom. The molecule has 0 saturated heterocycles. The maximum atomic E-state index is 5.72. The van der Waals surface area contributed by atoms with Crippen LogP contribution in [0.5, 0.6) is 17.2 Å². The van der Waals surface area contributed by atoms with Crippen LogP contribution in [0.25, 0.3) is 0 Å². The van der Waals surface area contributed by atoms with E-state index in [2.05, 4.69) is 27.8 Å². The van der Waals surface area contributed by atoms with E-state index in [0.717, 1.165) is 15.6 Å². The Labute approximate surface area is 162 Å². The summed E-state index contributed by atoms with van der Waals surface area (Å²) in [6, 6.07) is 11.4. The molecule has 26 heavy (non-hydrogen) atoms. The second kappa shape index (κ2) is 10.1. The lowest BCUT2D eigenvalue weighted by Gasteiger charge is -2.14. The molecule has 0 radical (unpaired) electrons. The Kier molecular flexibility index (Phi) is 7.79. The summed E-state index contributed by atoms with van der Waals surface area (Å²) in [5.41, 5.74) is 1.64. The minimum Gasteiger partial charge on any atom is -0.493 e. The normalized spacial score (nSPS) is 11.3. The lowest BCUT2D eigenvalue weighted by atomic mass is 10.1. The third-order valence-electron chi connectivity index (χ3n) is 3.55. The summed E-state index contributed by atoms with van der Waals surface area (Å²) in [6.07, 6.45) is -0.454. The third-order valence-corrected chi connectivity index (χ3v) is 4.27. The first-order valence-electron chi connectivity index (χ1n) is 7.81. The average Bonchev–Trinajstić information content (AvgIpc) is 2.67. The topological polar surface area (TPSA) is 46.2 Å². The van der Waals surface area contributed by atoms with Crippen LogP contribution in [0.2, 0.25) is 0 Å². The van der Waals surface area contributed by atoms with Crippen LogP contribution in [0, 0.1) is 11.8 Å². The Bertz CT molecular complexity index is 769. The maximum Gasteiger partial charge on any atom is 0.203 e. The Hall–Kier alpha value is -2.20. The first kappa shape index (κ1) is 20.1. The van der Waals surface area contributed by atoms with Gasteiger partial charge in [0.1, 0.15) is 12.9 Å². The van der Waals surface area contributed by atoms with E-state index in [1.165, 1.54) is 0 Å². The van der Waals surface area contributed by atoms with E-state index in [0.29, 0.717) is 17.2 Å². The number of hydrogen-bond donors (Lipinski definition) is 0. The first-order chi connectivity index (χ1) is 12.6. The number of halogens is 1. The van der Waals surface area contributed by atoms with Crippen LogP contribution >= 0.6 is 15.9 Å². The van der Waals surface area contributed by atoms with Gasteiger partial charge in [-0.25, -0.2) is 0 Å². The van der Waals surface area contributed by atoms with Crippen LogP contribution in [0.15, 0.2) is 40.9 Å². The predicted molar refractivity (Wildman–Crippen MR) is 103 cm³/mol. The van der Waals surface area contributed by atoms with Gasteiger partial charge in [-0.3, -0.25) is 0 Å². The van der Waals surface area contributed by atoms with Gasteiger partial charge in [0.2, 0.25) is 5.75 Å². The largest absolute Gasteiger partial charge is 0.493 e. The van der Waals surface area contributed by atoms with Crippen molar-refractivity contribution < 1.29 is 23.7 Å². The molecule has 0 N–H and O–H groups in total. The standard InChI is InChI=1S/C20H21BrO5/c1-22-13-26-17(15-7-5-6-8-16(15)21)10-9-14-11-18(23-2)20(25-4)19(12-14)24-3/h5-8,11-12,17H,13H2,1-4H3/t17-/m1/s1. The third kappa shape index (κ3) is 4.92. The zero-order valence-electron chi connectivity index (χ0n) is 15.2. The smallest absolute Gasteiger partial charge is 0.203 e. The number of methoxy groups -OCH3 is 4. The van der Waals surface area contributed by atoms with Gasteiger partial charge in [-0.1, -0.05) is 46.0 Å². The van der Waals surface area contributed by atoms with Gasteiger partial charge in [-0.15, -0.1) is 0 Å². The number of rotatable bonds is 7. The summed E-state index contributed by atoms with van der Waals surface area (Å²) in [6.45, 7) is 0.135. The van der Waals surface area contributed by atoms with Crippen molar-refractivity contribution in [1.29, 1.82) is 0 Å². The molecule has 0 bridgehead atoms. The SMILES string of the molecule is COCO[C@H](C#Cc1cc(OC)c(OC)c(OC)c1)c1ccccc1Br. The van der Waals surface area contributed by atoms with E-state index in [1.807, 2.05) is 24.3 Å². The quantitative estimate of drug-likeness (QED) is 0.496. The summed E-state index contributed by atoms with van der Waals surface area (Å²) < 4.78 is 27.7. The van der Waals surface area contributed by atoms with Crippen molar-refractivity contribution in [2.24, 2.45) is 0 Å². The fourth-order valence-corrected chi connectivity index (χ4v) is 2.83. The molecule has 0 unspecified atom stereocenters. The molecule has 0 spiro atoms. The van der Waals surface area contributed by atoms with Crippen LogP contribution in [0.1, 0.15) is 17.2 Å². The van der Waals surface area contributed by atoms with Crippen LogP contribution in [0.3, 0.4) is 0 Å². The predicted octanol–water partition coefficient (Wildman–Crippen LogP) is 4.19. The van der Waals surface area contributed by atoms with E-state index in [-0.39, 0.29) is 6.79 Å². The minimum absolute atomic E-state index is 0.135. The van der Waals surface area contributed by atoms with Crippen molar-refractivity contribution in [2.45, 2.75) is 6.10 Å². The van der Waals surface area contributed by atoms with Gasteiger partial charge in [-0.05, 0) is 18.2 Å². The molecule has 0 aliphatic heterocycles. The fourth-order valence-electron chi connectivity index (χ4n) is 2.34. The van der Waals surface area contributed by atoms with Crippen molar-refractivity contribution in [3.63, 3.8) is 0 Å². The van der Waals surface area contributed by atoms with Crippen molar-refractivity contribution in [1.82, 2.24) is 0 Å². The molecule has 0 amide bonds. The average molecular weight is 421 g/mol. The fraction of sp³-hybridized carbons (Fsp3) is 0.300. The summed E-state index contributed by atoms with van der Waals surface area (Å²) in [5, 5.41) is 0. The van der Waals surface area contributed by atoms with E-state index in [4.69, 9.17) is 23.7 Å². The highest BCUT2D eigenvalue weighted by molar-refractivity contribution is 9.10. The van der Waals surface area contributed by atoms with E-state index >= 15 is 0 Å². The molecular formula is C20H21BrO5. The van der Waals surface area contributed by atoms with Gasteiger partial charge in [0.25, 0.3) is 0 Å². The summed E-state index contributed by atoms with van der Waals surface area (Å²) in [4.78, 5) is 0. The first-order valence-corrected chi connectivity index (χ1v) is 8.60. The molecule has 2 rings (SSSR count). The molecule has 2 aromatic carbocycles. The molecule has 5 nitrogen and oxygen atoms in total. The second-order valence-corrected chi connectivity index (χ2v) is 6.01. The van der Waals surface area contributed by atoms with Crippen molar-refractivity contribution in [2.75, 3.05) is 35.2 Å². The number of ether oxygens (including phenoxy) is 5. The zero-order valence-corrected chi connectivity index (χ0v) is 16.8. The van der Waals surface area contributed by atoms with Crippen molar-refractivity contribution in [3.05, 3.63) is 52.0 Å². The van der Waals surface area contributed by atoms with Crippen LogP contribution < -0.4 is 14.2 Å². The highest BCUT2D eigenvalue weighted by atomic mass is 79.9. The van der Waals surface area contributed by atoms with E-state index in [1.54, 1.807) is 40.6 Å². The van der Waals surface area contributed by atoms with Crippen LogP contribution in [-0.2, 0) is 9.47 Å². The van der Waals surface area contributed by atoms with Crippen LogP contribution in [-0.4, -0.2) is 35.2 Å². The Balaban J connectivity index is 2.41. The molecule has 0 aliphatic carbocycles. The summed E-state index contributed by atoms with van der Waals surface area (Å²) in [5.74, 6) is 7.87. The molecule has 0 saturated carbocycles. The monoisotopic (exact) mass is 420 g/mol. The highest BCUT2D eigenvalue weighted by Crippen LogP contribution is 2.38. The highest BCUT2D eigenvalue weighted by Gasteiger charge is 2.14. The van der Waals surface area contributed by atoms with Crippen molar-refractivity contribution in [3.8, 4) is 29.1 Å². The lowest BCUT2D eigenvalue weighted by Crippen LogP contribution is -2.05. The molecule has 2 aromatic rings. The van der Waals surface area contributed by atoms with Gasteiger partial charge in [-0.2, -0.15) is 0 Å². The van der Waals surface area contributed by atoms with Gasteiger partial charge >= 0.3 is 0 Å². The van der Waals surface area contributed by atoms with E-state index < -0.39 is 6.10 Å². The summed E-state index contributed by atoms with van der Waals surface area (Å²) >= 11 is 3.53.